The summed E-state index contributed by atoms with van der Waals surface area (Å²) in [6.45, 7) is 5.97. The number of morpholine rings is 1. The summed E-state index contributed by atoms with van der Waals surface area (Å²) in [6, 6.07) is 27.0. The zero-order valence-electron chi connectivity index (χ0n) is 21.4. The van der Waals surface area contributed by atoms with E-state index in [4.69, 9.17) is 26.7 Å². The molecule has 4 heterocycles. The van der Waals surface area contributed by atoms with Gasteiger partial charge >= 0.3 is 0 Å². The summed E-state index contributed by atoms with van der Waals surface area (Å²) in [7, 11) is 0. The van der Waals surface area contributed by atoms with Crippen molar-refractivity contribution in [2.75, 3.05) is 42.7 Å². The third-order valence-corrected chi connectivity index (χ3v) is 7.43. The molecule has 2 fully saturated rings. The van der Waals surface area contributed by atoms with E-state index in [1.807, 2.05) is 37.4 Å². The average molecular weight is 526 g/mol. The van der Waals surface area contributed by atoms with Gasteiger partial charge in [-0.1, -0.05) is 6.07 Å². The first kappa shape index (κ1) is 24.5. The van der Waals surface area contributed by atoms with Crippen LogP contribution in [0.25, 0.3) is 5.69 Å². The molecule has 2 aromatic carbocycles. The van der Waals surface area contributed by atoms with E-state index in [9.17, 15) is 0 Å². The Hall–Kier alpha value is -3.88. The largest absolute Gasteiger partial charge is 0.494 e. The van der Waals surface area contributed by atoms with Gasteiger partial charge in [-0.2, -0.15) is 0 Å². The zero-order valence-corrected chi connectivity index (χ0v) is 22.2. The summed E-state index contributed by atoms with van der Waals surface area (Å²) in [4.78, 5) is 9.28. The lowest BCUT2D eigenvalue weighted by atomic mass is 10.0. The molecule has 7 nitrogen and oxygen atoms in total. The Balaban J connectivity index is 1.39. The van der Waals surface area contributed by atoms with Crippen LogP contribution < -0.4 is 19.9 Å². The number of pyridine rings is 1. The minimum Gasteiger partial charge on any atom is -0.494 e. The van der Waals surface area contributed by atoms with Crippen LogP contribution in [0.4, 0.5) is 11.4 Å². The maximum Gasteiger partial charge on any atom is 0.174 e. The summed E-state index contributed by atoms with van der Waals surface area (Å²) in [5, 5.41) is 4.26. The van der Waals surface area contributed by atoms with Crippen molar-refractivity contribution in [2.45, 2.75) is 19.0 Å². The van der Waals surface area contributed by atoms with Gasteiger partial charge in [0.1, 0.15) is 11.8 Å². The van der Waals surface area contributed by atoms with Crippen LogP contribution in [0.2, 0.25) is 0 Å². The zero-order chi connectivity index (χ0) is 25.9. The standard InChI is InChI=1S/C30H31N5O2S/c1-2-37-25-14-12-23(13-15-25)34-17-5-7-27(34)29-28(26-6-3-4-16-31-26)32-30(38)35(29)24-10-8-22(9-11-24)33-18-20-36-21-19-33/h3-17,28-29H,2,18-21H2,1H3,(H,32,38)/t28-,29-/m1/s1. The topological polar surface area (TPSA) is 54.8 Å². The number of benzene rings is 2. The smallest absolute Gasteiger partial charge is 0.174 e. The SMILES string of the molecule is CCOc1ccc(-n2cccc2[C@@H]2[C@@H](c3ccccn3)NC(=S)N2c2ccc(N3CCOCC3)cc2)cc1. The van der Waals surface area contributed by atoms with Gasteiger partial charge in [0.2, 0.25) is 0 Å². The molecule has 0 radical (unpaired) electrons. The fourth-order valence-electron chi connectivity index (χ4n) is 5.32. The fourth-order valence-corrected chi connectivity index (χ4v) is 5.66. The van der Waals surface area contributed by atoms with E-state index in [0.717, 1.165) is 54.8 Å². The third kappa shape index (κ3) is 4.73. The van der Waals surface area contributed by atoms with E-state index >= 15 is 0 Å². The number of hydrogen-bond donors (Lipinski definition) is 1. The molecule has 0 amide bonds. The third-order valence-electron chi connectivity index (χ3n) is 7.11. The summed E-state index contributed by atoms with van der Waals surface area (Å²) < 4.78 is 13.4. The van der Waals surface area contributed by atoms with Gasteiger partial charge in [-0.25, -0.2) is 0 Å². The van der Waals surface area contributed by atoms with Gasteiger partial charge in [-0.3, -0.25) is 4.98 Å². The Morgan fingerprint density at radius 3 is 2.37 bits per heavy atom. The monoisotopic (exact) mass is 525 g/mol. The van der Waals surface area contributed by atoms with Gasteiger partial charge in [0, 0.05) is 48.2 Å². The van der Waals surface area contributed by atoms with Gasteiger partial charge in [0.25, 0.3) is 0 Å². The number of rotatable bonds is 7. The van der Waals surface area contributed by atoms with E-state index < -0.39 is 0 Å². The fraction of sp³-hybridized carbons (Fsp3) is 0.267. The van der Waals surface area contributed by atoms with Crippen molar-refractivity contribution in [1.82, 2.24) is 14.9 Å². The maximum absolute atomic E-state index is 5.95. The van der Waals surface area contributed by atoms with Crippen LogP contribution in [0.1, 0.15) is 30.4 Å². The summed E-state index contributed by atoms with van der Waals surface area (Å²) in [5.41, 5.74) is 5.38. The first-order valence-electron chi connectivity index (χ1n) is 13.1. The Kier molecular flexibility index (Phi) is 6.98. The van der Waals surface area contributed by atoms with E-state index in [2.05, 4.69) is 80.5 Å². The Labute approximate surface area is 228 Å². The van der Waals surface area contributed by atoms with Crippen LogP contribution in [-0.4, -0.2) is 47.6 Å². The number of anilines is 2. The lowest BCUT2D eigenvalue weighted by molar-refractivity contribution is 0.122. The summed E-state index contributed by atoms with van der Waals surface area (Å²) >= 11 is 5.95. The van der Waals surface area contributed by atoms with Crippen molar-refractivity contribution >= 4 is 28.7 Å². The van der Waals surface area contributed by atoms with Crippen molar-refractivity contribution < 1.29 is 9.47 Å². The minimum absolute atomic E-state index is 0.104. The Morgan fingerprint density at radius 2 is 1.66 bits per heavy atom. The van der Waals surface area contributed by atoms with Crippen molar-refractivity contribution in [1.29, 1.82) is 0 Å². The lowest BCUT2D eigenvalue weighted by Gasteiger charge is -2.31. The molecule has 194 valence electrons. The molecule has 0 bridgehead atoms. The predicted molar refractivity (Wildman–Crippen MR) is 154 cm³/mol. The number of thiocarbonyl (C=S) groups is 1. The second-order valence-corrected chi connectivity index (χ2v) is 9.73. The van der Waals surface area contributed by atoms with Crippen molar-refractivity contribution in [3.63, 3.8) is 0 Å². The van der Waals surface area contributed by atoms with E-state index in [0.29, 0.717) is 11.7 Å². The predicted octanol–water partition coefficient (Wildman–Crippen LogP) is 5.28. The number of aromatic nitrogens is 2. The molecule has 2 atom stereocenters. The lowest BCUT2D eigenvalue weighted by Crippen LogP contribution is -2.36. The van der Waals surface area contributed by atoms with Crippen LogP contribution in [0.5, 0.6) is 5.75 Å². The summed E-state index contributed by atoms with van der Waals surface area (Å²) in [5.74, 6) is 0.863. The molecule has 2 aliphatic heterocycles. The number of hydrogen-bond acceptors (Lipinski definition) is 5. The molecule has 2 saturated heterocycles. The number of nitrogens with zero attached hydrogens (tertiary/aromatic N) is 4. The molecule has 6 rings (SSSR count). The Morgan fingerprint density at radius 1 is 0.921 bits per heavy atom. The average Bonchev–Trinajstić information content (AvgIpc) is 3.59. The molecule has 8 heteroatoms. The molecule has 4 aromatic rings. The molecule has 0 unspecified atom stereocenters. The van der Waals surface area contributed by atoms with Gasteiger partial charge in [0.05, 0.1) is 31.6 Å². The quantitative estimate of drug-likeness (QED) is 0.329. The second kappa shape index (κ2) is 10.8. The van der Waals surface area contributed by atoms with E-state index in [1.165, 1.54) is 5.69 Å². The Bertz CT molecular complexity index is 1370. The van der Waals surface area contributed by atoms with Gasteiger partial charge in [-0.15, -0.1) is 0 Å². The highest BCUT2D eigenvalue weighted by Gasteiger charge is 2.42. The molecule has 0 aliphatic carbocycles. The highest BCUT2D eigenvalue weighted by molar-refractivity contribution is 7.80. The van der Waals surface area contributed by atoms with Crippen molar-refractivity contribution in [3.8, 4) is 11.4 Å². The van der Waals surface area contributed by atoms with Crippen molar-refractivity contribution in [3.05, 3.63) is 103 Å². The van der Waals surface area contributed by atoms with E-state index in [-0.39, 0.29) is 12.1 Å². The van der Waals surface area contributed by atoms with Crippen LogP contribution in [0, 0.1) is 0 Å². The second-order valence-electron chi connectivity index (χ2n) is 9.34. The first-order valence-corrected chi connectivity index (χ1v) is 13.5. The van der Waals surface area contributed by atoms with Gasteiger partial charge in [0.15, 0.2) is 5.11 Å². The van der Waals surface area contributed by atoms with Gasteiger partial charge in [-0.05, 0) is 91.9 Å². The molecule has 0 saturated carbocycles. The summed E-state index contributed by atoms with van der Waals surface area (Å²) in [6.07, 6.45) is 3.93. The van der Waals surface area contributed by atoms with Crippen LogP contribution >= 0.6 is 12.2 Å². The highest BCUT2D eigenvalue weighted by Crippen LogP contribution is 2.42. The van der Waals surface area contributed by atoms with Crippen molar-refractivity contribution in [2.24, 2.45) is 0 Å². The van der Waals surface area contributed by atoms with Gasteiger partial charge < -0.3 is 29.2 Å². The molecule has 0 spiro atoms. The molecular formula is C30H31N5O2S. The number of nitrogens with one attached hydrogen (secondary N) is 1. The number of ether oxygens (including phenoxy) is 2. The van der Waals surface area contributed by atoms with Crippen LogP contribution in [0.15, 0.2) is 91.3 Å². The molecule has 38 heavy (non-hydrogen) atoms. The molecule has 2 aliphatic rings. The molecule has 1 N–H and O–H groups in total. The normalized spacial score (nSPS) is 19.4. The molecular weight excluding hydrogens is 494 g/mol. The maximum atomic E-state index is 5.95. The first-order chi connectivity index (χ1) is 18.7. The molecule has 2 aromatic heterocycles. The minimum atomic E-state index is -0.112. The van der Waals surface area contributed by atoms with E-state index in [1.54, 1.807) is 0 Å². The highest BCUT2D eigenvalue weighted by atomic mass is 32.1. The van der Waals surface area contributed by atoms with Crippen LogP contribution in [-0.2, 0) is 4.74 Å². The van der Waals surface area contributed by atoms with Crippen LogP contribution in [0.3, 0.4) is 0 Å².